The molecule has 0 saturated heterocycles. The minimum Gasteiger partial charge on any atom is -0.0654 e. The van der Waals surface area contributed by atoms with Crippen LogP contribution in [0, 0.1) is 11.3 Å². The van der Waals surface area contributed by atoms with Gasteiger partial charge in [-0.05, 0) is 30.6 Å². The van der Waals surface area contributed by atoms with Gasteiger partial charge in [0.25, 0.3) is 0 Å². The van der Waals surface area contributed by atoms with Crippen molar-refractivity contribution in [1.82, 2.24) is 0 Å². The molecule has 0 atom stereocenters. The largest absolute Gasteiger partial charge is 0.0654 e. The number of hydrogen-bond donors (Lipinski definition) is 0. The molecule has 0 N–H and O–H groups in total. The van der Waals surface area contributed by atoms with E-state index in [0.29, 0.717) is 0 Å². The molecular weight excluding hydrogens is 108 g/mol. The highest BCUT2D eigenvalue weighted by Crippen LogP contribution is 2.55. The zero-order chi connectivity index (χ0) is 6.91. The molecule has 0 heterocycles. The summed E-state index contributed by atoms with van der Waals surface area (Å²) in [5.41, 5.74) is 0.800. The van der Waals surface area contributed by atoms with Crippen LogP contribution in [0.4, 0.5) is 0 Å². The molecule has 1 saturated carbocycles. The third-order valence-corrected chi connectivity index (χ3v) is 2.86. The summed E-state index contributed by atoms with van der Waals surface area (Å²) < 4.78 is 0. The second-order valence-corrected chi connectivity index (χ2v) is 3.77. The van der Waals surface area contributed by atoms with Crippen LogP contribution in [0.15, 0.2) is 0 Å². The van der Waals surface area contributed by atoms with Crippen LogP contribution in [0.2, 0.25) is 0 Å². The summed E-state index contributed by atoms with van der Waals surface area (Å²) in [4.78, 5) is 0. The first kappa shape index (κ1) is 7.11. The Bertz CT molecular complexity index is 88.2. The molecule has 54 valence electrons. The van der Waals surface area contributed by atoms with Crippen molar-refractivity contribution in [2.45, 2.75) is 46.5 Å². The van der Waals surface area contributed by atoms with Crippen LogP contribution in [0.25, 0.3) is 0 Å². The Hall–Kier alpha value is 0. The summed E-state index contributed by atoms with van der Waals surface area (Å²) in [5.74, 6) is 0.928. The van der Waals surface area contributed by atoms with E-state index in [2.05, 4.69) is 20.8 Å². The van der Waals surface area contributed by atoms with Gasteiger partial charge in [0.2, 0.25) is 0 Å². The molecule has 0 aromatic rings. The molecule has 0 nitrogen and oxygen atoms in total. The Morgan fingerprint density at radius 2 is 1.89 bits per heavy atom. The Morgan fingerprint density at radius 3 is 2.00 bits per heavy atom. The molecule has 0 amide bonds. The van der Waals surface area contributed by atoms with Crippen molar-refractivity contribution < 1.29 is 0 Å². The van der Waals surface area contributed by atoms with Crippen LogP contribution in [0.1, 0.15) is 46.5 Å². The van der Waals surface area contributed by atoms with Gasteiger partial charge in [0.1, 0.15) is 0 Å². The van der Waals surface area contributed by atoms with E-state index in [4.69, 9.17) is 0 Å². The topological polar surface area (TPSA) is 0 Å². The van der Waals surface area contributed by atoms with Crippen molar-refractivity contribution in [2.75, 3.05) is 0 Å². The minimum absolute atomic E-state index is 0.800. The van der Waals surface area contributed by atoms with Crippen LogP contribution in [0.5, 0.6) is 0 Å². The standard InChI is InChI=1S/C9H18/c1-4-5-9(6-7-9)8(2)3/h8H,4-7H2,1-3H3. The van der Waals surface area contributed by atoms with Crippen molar-refractivity contribution in [1.29, 1.82) is 0 Å². The third-order valence-electron chi connectivity index (χ3n) is 2.86. The molecule has 1 fully saturated rings. The zero-order valence-corrected chi connectivity index (χ0v) is 6.91. The van der Waals surface area contributed by atoms with Crippen LogP contribution in [-0.2, 0) is 0 Å². The summed E-state index contributed by atoms with van der Waals surface area (Å²) in [6.07, 6.45) is 5.83. The van der Waals surface area contributed by atoms with E-state index in [1.54, 1.807) is 0 Å². The molecule has 0 aromatic carbocycles. The lowest BCUT2D eigenvalue weighted by Gasteiger charge is -2.17. The monoisotopic (exact) mass is 126 g/mol. The van der Waals surface area contributed by atoms with Crippen LogP contribution < -0.4 is 0 Å². The van der Waals surface area contributed by atoms with Gasteiger partial charge in [-0.1, -0.05) is 27.2 Å². The molecule has 0 aromatic heterocycles. The molecule has 0 radical (unpaired) electrons. The average molecular weight is 126 g/mol. The fraction of sp³-hybridized carbons (Fsp3) is 1.00. The maximum atomic E-state index is 2.36. The van der Waals surface area contributed by atoms with Gasteiger partial charge < -0.3 is 0 Å². The van der Waals surface area contributed by atoms with Gasteiger partial charge in [-0.3, -0.25) is 0 Å². The quantitative estimate of drug-likeness (QED) is 0.544. The predicted molar refractivity (Wildman–Crippen MR) is 41.4 cm³/mol. The van der Waals surface area contributed by atoms with Gasteiger partial charge in [0.05, 0.1) is 0 Å². The molecule has 1 aliphatic carbocycles. The van der Waals surface area contributed by atoms with Gasteiger partial charge in [-0.25, -0.2) is 0 Å². The Balaban J connectivity index is 2.33. The first-order valence-electron chi connectivity index (χ1n) is 4.21. The molecule has 0 spiro atoms. The Morgan fingerprint density at radius 1 is 1.33 bits per heavy atom. The number of hydrogen-bond acceptors (Lipinski definition) is 0. The summed E-state index contributed by atoms with van der Waals surface area (Å²) in [6.45, 7) is 7.02. The second-order valence-electron chi connectivity index (χ2n) is 3.77. The molecule has 1 aliphatic rings. The Kier molecular flexibility index (Phi) is 1.83. The third kappa shape index (κ3) is 1.28. The lowest BCUT2D eigenvalue weighted by Crippen LogP contribution is -2.07. The Labute approximate surface area is 58.7 Å². The first-order chi connectivity index (χ1) is 4.21. The zero-order valence-electron chi connectivity index (χ0n) is 6.91. The van der Waals surface area contributed by atoms with E-state index in [1.807, 2.05) is 0 Å². The van der Waals surface area contributed by atoms with Crippen molar-refractivity contribution >= 4 is 0 Å². The molecular formula is C9H18. The van der Waals surface area contributed by atoms with E-state index in [-0.39, 0.29) is 0 Å². The molecule has 0 aliphatic heterocycles. The fourth-order valence-electron chi connectivity index (χ4n) is 1.77. The van der Waals surface area contributed by atoms with E-state index < -0.39 is 0 Å². The molecule has 9 heavy (non-hydrogen) atoms. The van der Waals surface area contributed by atoms with Crippen LogP contribution in [-0.4, -0.2) is 0 Å². The summed E-state index contributed by atoms with van der Waals surface area (Å²) >= 11 is 0. The molecule has 1 rings (SSSR count). The normalized spacial score (nSPS) is 22.7. The van der Waals surface area contributed by atoms with E-state index in [1.165, 1.54) is 25.7 Å². The van der Waals surface area contributed by atoms with Gasteiger partial charge >= 0.3 is 0 Å². The molecule has 0 bridgehead atoms. The minimum atomic E-state index is 0.800. The van der Waals surface area contributed by atoms with E-state index in [0.717, 1.165) is 11.3 Å². The second kappa shape index (κ2) is 2.32. The van der Waals surface area contributed by atoms with Gasteiger partial charge in [-0.2, -0.15) is 0 Å². The van der Waals surface area contributed by atoms with Gasteiger partial charge in [-0.15, -0.1) is 0 Å². The van der Waals surface area contributed by atoms with E-state index in [9.17, 15) is 0 Å². The highest BCUT2D eigenvalue weighted by atomic mass is 14.5. The lowest BCUT2D eigenvalue weighted by atomic mass is 9.88. The summed E-state index contributed by atoms with van der Waals surface area (Å²) in [7, 11) is 0. The SMILES string of the molecule is CCCC1(C(C)C)CC1. The van der Waals surface area contributed by atoms with Crippen molar-refractivity contribution in [3.05, 3.63) is 0 Å². The molecule has 0 heteroatoms. The van der Waals surface area contributed by atoms with Crippen molar-refractivity contribution in [2.24, 2.45) is 11.3 Å². The lowest BCUT2D eigenvalue weighted by molar-refractivity contribution is 0.330. The highest BCUT2D eigenvalue weighted by Gasteiger charge is 2.43. The fourth-order valence-corrected chi connectivity index (χ4v) is 1.77. The maximum absolute atomic E-state index is 2.36. The molecule has 0 unspecified atom stereocenters. The van der Waals surface area contributed by atoms with Crippen molar-refractivity contribution in [3.63, 3.8) is 0 Å². The maximum Gasteiger partial charge on any atom is -0.0274 e. The van der Waals surface area contributed by atoms with Crippen LogP contribution in [0.3, 0.4) is 0 Å². The predicted octanol–water partition coefficient (Wildman–Crippen LogP) is 3.22. The van der Waals surface area contributed by atoms with E-state index >= 15 is 0 Å². The van der Waals surface area contributed by atoms with Crippen molar-refractivity contribution in [3.8, 4) is 0 Å². The van der Waals surface area contributed by atoms with Crippen LogP contribution >= 0.6 is 0 Å². The first-order valence-corrected chi connectivity index (χ1v) is 4.21. The average Bonchev–Trinajstić information content (AvgIpc) is 2.49. The van der Waals surface area contributed by atoms with Gasteiger partial charge in [0, 0.05) is 0 Å². The highest BCUT2D eigenvalue weighted by molar-refractivity contribution is 4.94. The summed E-state index contributed by atoms with van der Waals surface area (Å²) in [6, 6.07) is 0. The smallest absolute Gasteiger partial charge is 0.0274 e. The van der Waals surface area contributed by atoms with Gasteiger partial charge in [0.15, 0.2) is 0 Å². The summed E-state index contributed by atoms with van der Waals surface area (Å²) in [5, 5.41) is 0. The number of rotatable bonds is 3.